The minimum Gasteiger partial charge on any atom is -0.469 e. The predicted octanol–water partition coefficient (Wildman–Crippen LogP) is 7.21. The first kappa shape index (κ1) is 26.4. The largest absolute Gasteiger partial charge is 0.469 e. The first-order valence-corrected chi connectivity index (χ1v) is 14.6. The average molecular weight is 560 g/mol. The number of esters is 1. The van der Waals surface area contributed by atoms with Crippen molar-refractivity contribution in [1.29, 1.82) is 0 Å². The van der Waals surface area contributed by atoms with Crippen molar-refractivity contribution in [2.75, 3.05) is 7.11 Å². The molecule has 4 nitrogen and oxygen atoms in total. The maximum Gasteiger partial charge on any atom is 0.312 e. The Morgan fingerprint density at radius 2 is 1.61 bits per heavy atom. The molecule has 0 unspecified atom stereocenters. The Hall–Kier alpha value is -1.23. The van der Waals surface area contributed by atoms with Crippen LogP contribution in [0.2, 0.25) is 0 Å². The van der Waals surface area contributed by atoms with Crippen molar-refractivity contribution in [3.05, 3.63) is 22.2 Å². The highest BCUT2D eigenvalue weighted by atomic mass is 79.9. The van der Waals surface area contributed by atoms with Crippen LogP contribution < -0.4 is 0 Å². The highest BCUT2D eigenvalue weighted by molar-refractivity contribution is 9.12. The van der Waals surface area contributed by atoms with Gasteiger partial charge in [0.15, 0.2) is 11.6 Å². The molecule has 0 aliphatic heterocycles. The van der Waals surface area contributed by atoms with Gasteiger partial charge in [-0.3, -0.25) is 14.4 Å². The van der Waals surface area contributed by atoms with Crippen molar-refractivity contribution in [3.63, 3.8) is 0 Å². The lowest BCUT2D eigenvalue weighted by molar-refractivity contribution is -0.191. The predicted molar refractivity (Wildman–Crippen MR) is 144 cm³/mol. The SMILES string of the molecule is COC(=O)[C@]12CCC(C)(C)C[C@H]1[C@H]1C(=O)C=C3[C@@]4(C)C=C(Br)C(=O)C(C)(C)[C@@H]4CC[C@@]3(C)[C@]1(C)CC2. The van der Waals surface area contributed by atoms with E-state index in [4.69, 9.17) is 4.74 Å². The van der Waals surface area contributed by atoms with Gasteiger partial charge >= 0.3 is 5.97 Å². The number of Topliss-reactive ketones (excluding diaryl/α,β-unsaturated/α-hetero) is 1. The molecule has 5 aliphatic carbocycles. The second-order valence-electron chi connectivity index (χ2n) is 14.7. The van der Waals surface area contributed by atoms with Crippen LogP contribution in [0.5, 0.6) is 0 Å². The minimum atomic E-state index is -0.560. The maximum atomic E-state index is 14.3. The Morgan fingerprint density at radius 3 is 2.25 bits per heavy atom. The molecule has 7 atom stereocenters. The van der Waals surface area contributed by atoms with E-state index in [9.17, 15) is 14.4 Å². The van der Waals surface area contributed by atoms with Gasteiger partial charge < -0.3 is 4.74 Å². The molecular formula is C31H43BrO4. The summed E-state index contributed by atoms with van der Waals surface area (Å²) in [4.78, 5) is 40.9. The number of hydrogen-bond donors (Lipinski definition) is 0. The summed E-state index contributed by atoms with van der Waals surface area (Å²) in [5.41, 5.74) is -0.551. The molecule has 0 aromatic carbocycles. The highest BCUT2D eigenvalue weighted by Gasteiger charge is 2.71. The Kier molecular flexibility index (Phi) is 5.62. The molecule has 0 N–H and O–H groups in total. The molecule has 5 aliphatic rings. The summed E-state index contributed by atoms with van der Waals surface area (Å²) < 4.78 is 6.06. The number of ether oxygens (including phenoxy) is 1. The molecule has 0 radical (unpaired) electrons. The summed E-state index contributed by atoms with van der Waals surface area (Å²) in [6.07, 6.45) is 10.3. The van der Waals surface area contributed by atoms with Crippen LogP contribution in [0.1, 0.15) is 93.4 Å². The molecule has 3 fully saturated rings. The summed E-state index contributed by atoms with van der Waals surface area (Å²) in [7, 11) is 1.50. The van der Waals surface area contributed by atoms with Gasteiger partial charge in [-0.25, -0.2) is 0 Å². The van der Waals surface area contributed by atoms with E-state index in [1.165, 1.54) is 12.7 Å². The van der Waals surface area contributed by atoms with Gasteiger partial charge in [0.25, 0.3) is 0 Å². The second kappa shape index (κ2) is 7.67. The van der Waals surface area contributed by atoms with Gasteiger partial charge in [-0.15, -0.1) is 0 Å². The first-order chi connectivity index (χ1) is 16.5. The van der Waals surface area contributed by atoms with Crippen LogP contribution in [-0.2, 0) is 19.1 Å². The minimum absolute atomic E-state index is 0.00763. The Balaban J connectivity index is 1.69. The van der Waals surface area contributed by atoms with Gasteiger partial charge in [0.1, 0.15) is 0 Å². The molecule has 5 rings (SSSR count). The van der Waals surface area contributed by atoms with Gasteiger partial charge in [-0.05, 0) is 95.0 Å². The molecular weight excluding hydrogens is 516 g/mol. The zero-order chi connectivity index (χ0) is 26.7. The number of allylic oxidation sites excluding steroid dienone is 4. The number of carbonyl (C=O) groups is 3. The number of rotatable bonds is 1. The summed E-state index contributed by atoms with van der Waals surface area (Å²) in [5.74, 6) is 0.175. The third-order valence-corrected chi connectivity index (χ3v) is 12.9. The van der Waals surface area contributed by atoms with Crippen molar-refractivity contribution in [2.45, 2.75) is 93.4 Å². The van der Waals surface area contributed by atoms with Crippen LogP contribution in [0.15, 0.2) is 22.2 Å². The Bertz CT molecular complexity index is 1110. The van der Waals surface area contributed by atoms with E-state index in [2.05, 4.69) is 70.5 Å². The van der Waals surface area contributed by atoms with Crippen molar-refractivity contribution in [1.82, 2.24) is 0 Å². The van der Waals surface area contributed by atoms with E-state index in [-0.39, 0.29) is 56.9 Å². The van der Waals surface area contributed by atoms with Crippen molar-refractivity contribution >= 4 is 33.5 Å². The van der Waals surface area contributed by atoms with Crippen molar-refractivity contribution < 1.29 is 19.1 Å². The van der Waals surface area contributed by atoms with Crippen LogP contribution in [0.3, 0.4) is 0 Å². The van der Waals surface area contributed by atoms with Crippen LogP contribution in [0.4, 0.5) is 0 Å². The third-order valence-electron chi connectivity index (χ3n) is 12.3. The van der Waals surface area contributed by atoms with E-state index in [1.54, 1.807) is 0 Å². The molecule has 0 aromatic rings. The molecule has 0 bridgehead atoms. The van der Waals surface area contributed by atoms with E-state index >= 15 is 0 Å². The van der Waals surface area contributed by atoms with Gasteiger partial charge in [-0.1, -0.05) is 60.1 Å². The molecule has 0 amide bonds. The summed E-state index contributed by atoms with van der Waals surface area (Å²) in [6.45, 7) is 15.7. The Labute approximate surface area is 225 Å². The zero-order valence-corrected chi connectivity index (χ0v) is 24.9. The zero-order valence-electron chi connectivity index (χ0n) is 23.3. The topological polar surface area (TPSA) is 60.4 Å². The number of carbonyl (C=O) groups excluding carboxylic acids is 3. The van der Waals surface area contributed by atoms with Crippen LogP contribution in [0, 0.1) is 50.2 Å². The summed E-state index contributed by atoms with van der Waals surface area (Å²) in [6, 6.07) is 0. The van der Waals surface area contributed by atoms with E-state index in [0.717, 1.165) is 44.9 Å². The number of halogens is 1. The standard InChI is InChI=1S/C31H43BrO4/c1-26(2)11-13-31(25(35)36-8)14-12-30(7)23(18(31)16-26)20(33)15-22-28(5)17-19(32)24(34)27(3,4)21(28)9-10-29(22,30)6/h15,17-18,21,23H,9-14,16H2,1-8H3/t18-,21-,23-,28-,29+,30+,31-/m0/s1. The highest BCUT2D eigenvalue weighted by Crippen LogP contribution is 2.74. The average Bonchev–Trinajstić information content (AvgIpc) is 2.78. The lowest BCUT2D eigenvalue weighted by Gasteiger charge is -2.68. The van der Waals surface area contributed by atoms with Crippen molar-refractivity contribution in [3.8, 4) is 0 Å². The lowest BCUT2D eigenvalue weighted by Crippen LogP contribution is -2.65. The van der Waals surface area contributed by atoms with Crippen LogP contribution >= 0.6 is 15.9 Å². The fourth-order valence-electron chi connectivity index (χ4n) is 10.0. The van der Waals surface area contributed by atoms with Crippen molar-refractivity contribution in [2.24, 2.45) is 50.2 Å². The van der Waals surface area contributed by atoms with E-state index in [0.29, 0.717) is 4.48 Å². The number of hydrogen-bond acceptors (Lipinski definition) is 4. The van der Waals surface area contributed by atoms with Gasteiger partial charge in [0.05, 0.1) is 17.0 Å². The second-order valence-corrected chi connectivity index (χ2v) is 15.6. The van der Waals surface area contributed by atoms with Crippen LogP contribution in [-0.4, -0.2) is 24.6 Å². The Morgan fingerprint density at radius 1 is 0.972 bits per heavy atom. The molecule has 0 aromatic heterocycles. The van der Waals surface area contributed by atoms with Crippen LogP contribution in [0.25, 0.3) is 0 Å². The molecule has 198 valence electrons. The number of ketones is 2. The fraction of sp³-hybridized carbons (Fsp3) is 0.774. The van der Waals surface area contributed by atoms with E-state index in [1.807, 2.05) is 6.08 Å². The number of fused-ring (bicyclic) bond motifs is 7. The summed E-state index contributed by atoms with van der Waals surface area (Å²) >= 11 is 3.60. The monoisotopic (exact) mass is 558 g/mol. The molecule has 3 saturated carbocycles. The lowest BCUT2D eigenvalue weighted by atomic mass is 9.34. The van der Waals surface area contributed by atoms with Gasteiger partial charge in [0.2, 0.25) is 0 Å². The normalized spacial score (nSPS) is 46.9. The third kappa shape index (κ3) is 3.07. The number of methoxy groups -OCH3 is 1. The molecule has 0 spiro atoms. The smallest absolute Gasteiger partial charge is 0.312 e. The maximum absolute atomic E-state index is 14.3. The quantitative estimate of drug-likeness (QED) is 0.319. The molecule has 36 heavy (non-hydrogen) atoms. The molecule has 5 heteroatoms. The van der Waals surface area contributed by atoms with Gasteiger partial charge in [0, 0.05) is 16.7 Å². The summed E-state index contributed by atoms with van der Waals surface area (Å²) in [5, 5.41) is 0. The molecule has 0 heterocycles. The van der Waals surface area contributed by atoms with Gasteiger partial charge in [-0.2, -0.15) is 0 Å². The molecule has 0 saturated heterocycles. The first-order valence-electron chi connectivity index (χ1n) is 13.8. The van der Waals surface area contributed by atoms with E-state index < -0.39 is 10.8 Å². The fourth-order valence-corrected chi connectivity index (χ4v) is 11.0.